The number of halogens is 1. The molecule has 1 N–H and O–H groups in total. The van der Waals surface area contributed by atoms with Crippen LogP contribution in [0.4, 0.5) is 4.39 Å². The first-order valence-corrected chi connectivity index (χ1v) is 6.78. The summed E-state index contributed by atoms with van der Waals surface area (Å²) in [6.07, 6.45) is 0.332. The molecule has 0 aliphatic heterocycles. The minimum absolute atomic E-state index is 0.308. The Morgan fingerprint density at radius 2 is 1.67 bits per heavy atom. The Balaban J connectivity index is 2.26. The molecular formula is C15H21FO5. The topological polar surface area (TPSA) is 65.0 Å². The Bertz CT molecular complexity index is 407. The number of methoxy groups -OCH3 is 1. The summed E-state index contributed by atoms with van der Waals surface area (Å²) in [7, 11) is 1.60. The first-order valence-electron chi connectivity index (χ1n) is 6.78. The van der Waals surface area contributed by atoms with Gasteiger partial charge in [0, 0.05) is 13.7 Å². The lowest BCUT2D eigenvalue weighted by Crippen LogP contribution is -2.15. The smallest absolute Gasteiger partial charge is 0.311 e. The number of hydrogen-bond acceptors (Lipinski definition) is 4. The van der Waals surface area contributed by atoms with Gasteiger partial charge in [0.2, 0.25) is 0 Å². The third-order valence-corrected chi connectivity index (χ3v) is 2.93. The van der Waals surface area contributed by atoms with Crippen molar-refractivity contribution < 1.29 is 28.5 Å². The van der Waals surface area contributed by atoms with Crippen molar-refractivity contribution in [2.45, 2.75) is 12.3 Å². The molecule has 1 aromatic rings. The fourth-order valence-electron chi connectivity index (χ4n) is 1.79. The summed E-state index contributed by atoms with van der Waals surface area (Å²) < 4.78 is 28.2. The van der Waals surface area contributed by atoms with Crippen LogP contribution in [-0.2, 0) is 19.0 Å². The fourth-order valence-corrected chi connectivity index (χ4v) is 1.79. The molecule has 0 radical (unpaired) electrons. The average Bonchev–Trinajstić information content (AvgIpc) is 2.47. The molecule has 1 aromatic carbocycles. The molecule has 1 unspecified atom stereocenters. The molecule has 21 heavy (non-hydrogen) atoms. The molecule has 1 rings (SSSR count). The van der Waals surface area contributed by atoms with E-state index in [1.54, 1.807) is 7.11 Å². The molecule has 0 saturated carbocycles. The van der Waals surface area contributed by atoms with Crippen LogP contribution in [0.5, 0.6) is 0 Å². The molecule has 0 aliphatic rings. The number of benzene rings is 1. The third kappa shape index (κ3) is 7.17. The summed E-state index contributed by atoms with van der Waals surface area (Å²) in [5.41, 5.74) is 0.573. The van der Waals surface area contributed by atoms with Crippen LogP contribution in [0.1, 0.15) is 17.9 Å². The molecule has 0 heterocycles. The van der Waals surface area contributed by atoms with Gasteiger partial charge in [-0.05, 0) is 24.1 Å². The minimum Gasteiger partial charge on any atom is -0.481 e. The molecule has 6 heteroatoms. The maximum absolute atomic E-state index is 12.8. The van der Waals surface area contributed by atoms with E-state index in [1.807, 2.05) is 0 Å². The largest absolute Gasteiger partial charge is 0.481 e. The van der Waals surface area contributed by atoms with Gasteiger partial charge in [0.25, 0.3) is 0 Å². The van der Waals surface area contributed by atoms with Crippen LogP contribution < -0.4 is 0 Å². The molecule has 0 amide bonds. The van der Waals surface area contributed by atoms with Crippen molar-refractivity contribution in [1.29, 1.82) is 0 Å². The first-order chi connectivity index (χ1) is 10.1. The van der Waals surface area contributed by atoms with Crippen molar-refractivity contribution >= 4 is 5.97 Å². The van der Waals surface area contributed by atoms with Gasteiger partial charge < -0.3 is 19.3 Å². The van der Waals surface area contributed by atoms with E-state index in [0.29, 0.717) is 45.0 Å². The van der Waals surface area contributed by atoms with Gasteiger partial charge in [-0.15, -0.1) is 0 Å². The number of hydrogen-bond donors (Lipinski definition) is 1. The van der Waals surface area contributed by atoms with Crippen LogP contribution in [0.3, 0.4) is 0 Å². The van der Waals surface area contributed by atoms with E-state index < -0.39 is 11.9 Å². The number of carboxylic acid groups (broad SMARTS) is 1. The van der Waals surface area contributed by atoms with Crippen LogP contribution >= 0.6 is 0 Å². The Morgan fingerprint density at radius 1 is 1.10 bits per heavy atom. The van der Waals surface area contributed by atoms with Crippen LogP contribution in [0.15, 0.2) is 24.3 Å². The normalized spacial score (nSPS) is 12.3. The summed E-state index contributed by atoms with van der Waals surface area (Å²) in [5, 5.41) is 9.21. The highest BCUT2D eigenvalue weighted by atomic mass is 19.1. The van der Waals surface area contributed by atoms with Gasteiger partial charge in [0.1, 0.15) is 5.82 Å². The second kappa shape index (κ2) is 10.3. The minimum atomic E-state index is -0.943. The fraction of sp³-hybridized carbons (Fsp3) is 0.533. The molecule has 118 valence electrons. The highest BCUT2D eigenvalue weighted by Gasteiger charge is 2.19. The molecule has 1 atom stereocenters. The second-order valence-corrected chi connectivity index (χ2v) is 4.45. The molecule has 0 bridgehead atoms. The van der Waals surface area contributed by atoms with Crippen molar-refractivity contribution in [2.75, 3.05) is 40.1 Å². The number of aliphatic carboxylic acids is 1. The van der Waals surface area contributed by atoms with Gasteiger partial charge in [-0.2, -0.15) is 0 Å². The Hall–Kier alpha value is -1.50. The standard InChI is InChI=1S/C15H21FO5/c1-19-8-9-21-11-10-20-7-6-14(15(17)18)12-2-4-13(16)5-3-12/h2-5,14H,6-11H2,1H3,(H,17,18). The summed E-state index contributed by atoms with van der Waals surface area (Å²) in [6.45, 7) is 2.19. The van der Waals surface area contributed by atoms with Gasteiger partial charge in [-0.1, -0.05) is 12.1 Å². The van der Waals surface area contributed by atoms with Crippen molar-refractivity contribution in [3.63, 3.8) is 0 Å². The van der Waals surface area contributed by atoms with Gasteiger partial charge >= 0.3 is 5.97 Å². The molecule has 0 spiro atoms. The molecule has 0 fully saturated rings. The van der Waals surface area contributed by atoms with Crippen LogP contribution in [0.25, 0.3) is 0 Å². The van der Waals surface area contributed by atoms with E-state index in [-0.39, 0.29) is 5.82 Å². The van der Waals surface area contributed by atoms with Crippen molar-refractivity contribution in [3.8, 4) is 0 Å². The lowest BCUT2D eigenvalue weighted by Gasteiger charge is -2.13. The Morgan fingerprint density at radius 3 is 2.24 bits per heavy atom. The molecule has 0 saturated heterocycles. The zero-order valence-electron chi connectivity index (χ0n) is 12.1. The highest BCUT2D eigenvalue weighted by molar-refractivity contribution is 5.76. The van der Waals surface area contributed by atoms with Crippen LogP contribution in [0.2, 0.25) is 0 Å². The second-order valence-electron chi connectivity index (χ2n) is 4.45. The van der Waals surface area contributed by atoms with Gasteiger partial charge in [-0.25, -0.2) is 4.39 Å². The van der Waals surface area contributed by atoms with Gasteiger partial charge in [0.05, 0.1) is 32.3 Å². The van der Waals surface area contributed by atoms with E-state index in [4.69, 9.17) is 14.2 Å². The monoisotopic (exact) mass is 300 g/mol. The lowest BCUT2D eigenvalue weighted by molar-refractivity contribution is -0.139. The van der Waals surface area contributed by atoms with E-state index in [9.17, 15) is 14.3 Å². The maximum Gasteiger partial charge on any atom is 0.311 e. The van der Waals surface area contributed by atoms with Crippen LogP contribution in [0, 0.1) is 5.82 Å². The predicted molar refractivity (Wildman–Crippen MR) is 74.9 cm³/mol. The number of carbonyl (C=O) groups is 1. The summed E-state index contributed by atoms with van der Waals surface area (Å²) in [5.74, 6) is -2.02. The summed E-state index contributed by atoms with van der Waals surface area (Å²) >= 11 is 0. The van der Waals surface area contributed by atoms with E-state index in [2.05, 4.69) is 0 Å². The number of carboxylic acids is 1. The SMILES string of the molecule is COCCOCCOCCC(C(=O)O)c1ccc(F)cc1. The zero-order chi connectivity index (χ0) is 15.5. The predicted octanol–water partition coefficient (Wildman–Crippen LogP) is 2.06. The molecule has 0 aliphatic carbocycles. The average molecular weight is 300 g/mol. The van der Waals surface area contributed by atoms with Crippen molar-refractivity contribution in [2.24, 2.45) is 0 Å². The lowest BCUT2D eigenvalue weighted by atomic mass is 9.96. The molecular weight excluding hydrogens is 279 g/mol. The maximum atomic E-state index is 12.8. The summed E-state index contributed by atoms with van der Waals surface area (Å²) in [6, 6.07) is 5.50. The number of rotatable bonds is 11. The first kappa shape index (κ1) is 17.6. The quantitative estimate of drug-likeness (QED) is 0.634. The highest BCUT2D eigenvalue weighted by Crippen LogP contribution is 2.20. The summed E-state index contributed by atoms with van der Waals surface area (Å²) in [4.78, 5) is 11.2. The van der Waals surface area contributed by atoms with Gasteiger partial charge in [-0.3, -0.25) is 4.79 Å². The molecule has 0 aromatic heterocycles. The van der Waals surface area contributed by atoms with Crippen molar-refractivity contribution in [3.05, 3.63) is 35.6 Å². The number of ether oxygens (including phenoxy) is 3. The Labute approximate surface area is 123 Å². The van der Waals surface area contributed by atoms with Crippen LogP contribution in [-0.4, -0.2) is 51.2 Å². The van der Waals surface area contributed by atoms with Crippen molar-refractivity contribution in [1.82, 2.24) is 0 Å². The molecule has 5 nitrogen and oxygen atoms in total. The zero-order valence-corrected chi connectivity index (χ0v) is 12.1. The van der Waals surface area contributed by atoms with E-state index in [1.165, 1.54) is 24.3 Å². The third-order valence-electron chi connectivity index (χ3n) is 2.93. The van der Waals surface area contributed by atoms with E-state index in [0.717, 1.165) is 0 Å². The van der Waals surface area contributed by atoms with E-state index >= 15 is 0 Å². The van der Waals surface area contributed by atoms with Gasteiger partial charge in [0.15, 0.2) is 0 Å². The Kier molecular flexibility index (Phi) is 8.57.